The highest BCUT2D eigenvalue weighted by atomic mass is 16.1. The summed E-state index contributed by atoms with van der Waals surface area (Å²) < 4.78 is 0. The number of anilines is 1. The van der Waals surface area contributed by atoms with Crippen LogP contribution < -0.4 is 10.6 Å². The molecule has 1 aliphatic carbocycles. The van der Waals surface area contributed by atoms with Crippen molar-refractivity contribution in [1.29, 1.82) is 0 Å². The second-order valence-electron chi connectivity index (χ2n) is 8.60. The van der Waals surface area contributed by atoms with Gasteiger partial charge in [0, 0.05) is 24.7 Å². The molecule has 0 radical (unpaired) electrons. The lowest BCUT2D eigenvalue weighted by molar-refractivity contribution is -0.114. The molecule has 156 valence electrons. The smallest absolute Gasteiger partial charge is 0.221 e. The summed E-state index contributed by atoms with van der Waals surface area (Å²) in [7, 11) is 0. The Bertz CT molecular complexity index is 1030. The maximum atomic E-state index is 11.4. The Labute approximate surface area is 179 Å². The predicted octanol–water partition coefficient (Wildman–Crippen LogP) is 5.66. The molecule has 0 saturated heterocycles. The molecule has 1 amide bonds. The van der Waals surface area contributed by atoms with Gasteiger partial charge in [-0.25, -0.2) is 0 Å². The molecule has 0 fully saturated rings. The number of hydrogen-bond acceptors (Lipinski definition) is 2. The molecule has 1 aliphatic rings. The highest BCUT2D eigenvalue weighted by Crippen LogP contribution is 2.25. The molecule has 2 unspecified atom stereocenters. The number of carbonyl (C=O) groups excluding carboxylic acids is 1. The molecular formula is C27H32N2O. The van der Waals surface area contributed by atoms with Gasteiger partial charge in [-0.2, -0.15) is 0 Å². The van der Waals surface area contributed by atoms with Gasteiger partial charge in [-0.3, -0.25) is 4.79 Å². The molecule has 3 aromatic rings. The normalized spacial score (nSPS) is 16.8. The van der Waals surface area contributed by atoms with Crippen molar-refractivity contribution < 1.29 is 4.79 Å². The first-order valence-corrected chi connectivity index (χ1v) is 11.2. The molecule has 3 nitrogen and oxygen atoms in total. The van der Waals surface area contributed by atoms with Crippen molar-refractivity contribution >= 4 is 22.4 Å². The molecule has 0 saturated carbocycles. The van der Waals surface area contributed by atoms with E-state index in [4.69, 9.17) is 0 Å². The SMILES string of the molecule is CCC(CCc1ccc2ccccc2c1)NC1CCc2ccc(NC(C)=O)cc2C1. The summed E-state index contributed by atoms with van der Waals surface area (Å²) in [5.74, 6) is -0.0137. The van der Waals surface area contributed by atoms with Gasteiger partial charge in [-0.15, -0.1) is 0 Å². The minimum atomic E-state index is -0.0137. The molecule has 3 heteroatoms. The van der Waals surface area contributed by atoms with Crippen LogP contribution >= 0.6 is 0 Å². The average molecular weight is 401 g/mol. The third-order valence-corrected chi connectivity index (χ3v) is 6.31. The van der Waals surface area contributed by atoms with Gasteiger partial charge >= 0.3 is 0 Å². The summed E-state index contributed by atoms with van der Waals surface area (Å²) >= 11 is 0. The fraction of sp³-hybridized carbons (Fsp3) is 0.370. The predicted molar refractivity (Wildman–Crippen MR) is 126 cm³/mol. The topological polar surface area (TPSA) is 41.1 Å². The van der Waals surface area contributed by atoms with Gasteiger partial charge in [0.25, 0.3) is 0 Å². The van der Waals surface area contributed by atoms with Crippen LogP contribution in [0.25, 0.3) is 10.8 Å². The van der Waals surface area contributed by atoms with Crippen molar-refractivity contribution in [1.82, 2.24) is 5.32 Å². The first kappa shape index (κ1) is 20.6. The van der Waals surface area contributed by atoms with Crippen LogP contribution in [0.1, 0.15) is 49.8 Å². The van der Waals surface area contributed by atoms with Crippen LogP contribution in [0.5, 0.6) is 0 Å². The lowest BCUT2D eigenvalue weighted by Gasteiger charge is -2.30. The lowest BCUT2D eigenvalue weighted by atomic mass is 9.87. The number of benzene rings is 3. The van der Waals surface area contributed by atoms with E-state index in [1.807, 2.05) is 6.07 Å². The van der Waals surface area contributed by atoms with E-state index in [2.05, 4.69) is 72.2 Å². The van der Waals surface area contributed by atoms with E-state index in [9.17, 15) is 4.79 Å². The molecule has 0 spiro atoms. The van der Waals surface area contributed by atoms with Crippen molar-refractivity contribution in [2.75, 3.05) is 5.32 Å². The molecule has 2 N–H and O–H groups in total. The fourth-order valence-electron chi connectivity index (χ4n) is 4.65. The molecular weight excluding hydrogens is 368 g/mol. The van der Waals surface area contributed by atoms with Gasteiger partial charge in [-0.1, -0.05) is 55.5 Å². The Hall–Kier alpha value is -2.65. The van der Waals surface area contributed by atoms with E-state index >= 15 is 0 Å². The summed E-state index contributed by atoms with van der Waals surface area (Å²) in [6.45, 7) is 3.84. The number of fused-ring (bicyclic) bond motifs is 2. The van der Waals surface area contributed by atoms with Gasteiger partial charge in [0.1, 0.15) is 0 Å². The molecule has 30 heavy (non-hydrogen) atoms. The van der Waals surface area contributed by atoms with E-state index < -0.39 is 0 Å². The van der Waals surface area contributed by atoms with E-state index in [0.29, 0.717) is 12.1 Å². The van der Waals surface area contributed by atoms with Crippen LogP contribution in [0.4, 0.5) is 5.69 Å². The molecule has 4 rings (SSSR count). The standard InChI is InChI=1S/C27H32N2O/c1-3-25(13-9-20-8-10-21-6-4-5-7-23(21)16-20)29-27-15-12-22-11-14-26(28-19(2)30)17-24(22)18-27/h4-8,10-11,14,16-17,25,27,29H,3,9,12-13,15,18H2,1-2H3,(H,28,30). The highest BCUT2D eigenvalue weighted by Gasteiger charge is 2.21. The van der Waals surface area contributed by atoms with Gasteiger partial charge in [-0.05, 0) is 78.1 Å². The first-order valence-electron chi connectivity index (χ1n) is 11.2. The van der Waals surface area contributed by atoms with Crippen LogP contribution in [-0.4, -0.2) is 18.0 Å². The van der Waals surface area contributed by atoms with Crippen molar-refractivity contribution in [2.24, 2.45) is 0 Å². The van der Waals surface area contributed by atoms with Crippen LogP contribution in [0.3, 0.4) is 0 Å². The van der Waals surface area contributed by atoms with Crippen molar-refractivity contribution in [2.45, 2.75) is 64.5 Å². The Morgan fingerprint density at radius 1 is 1.03 bits per heavy atom. The minimum absolute atomic E-state index is 0.0137. The number of amides is 1. The molecule has 0 aromatic heterocycles. The first-order chi connectivity index (χ1) is 14.6. The number of nitrogens with one attached hydrogen (secondary N) is 2. The third-order valence-electron chi connectivity index (χ3n) is 6.31. The molecule has 0 bridgehead atoms. The molecule has 2 atom stereocenters. The average Bonchev–Trinajstić information content (AvgIpc) is 2.75. The Kier molecular flexibility index (Phi) is 6.49. The quantitative estimate of drug-likeness (QED) is 0.537. The maximum Gasteiger partial charge on any atom is 0.221 e. The second-order valence-corrected chi connectivity index (χ2v) is 8.60. The van der Waals surface area contributed by atoms with Crippen LogP contribution in [0.15, 0.2) is 60.7 Å². The van der Waals surface area contributed by atoms with E-state index in [0.717, 1.165) is 37.8 Å². The van der Waals surface area contributed by atoms with Crippen molar-refractivity contribution in [3.63, 3.8) is 0 Å². The molecule has 3 aromatic carbocycles. The third kappa shape index (κ3) is 5.09. The van der Waals surface area contributed by atoms with Crippen LogP contribution in [0.2, 0.25) is 0 Å². The highest BCUT2D eigenvalue weighted by molar-refractivity contribution is 5.88. The molecule has 0 aliphatic heterocycles. The van der Waals surface area contributed by atoms with Crippen molar-refractivity contribution in [3.05, 3.63) is 77.4 Å². The number of rotatable bonds is 7. The van der Waals surface area contributed by atoms with Gasteiger partial charge in [0.2, 0.25) is 5.91 Å². The fourth-order valence-corrected chi connectivity index (χ4v) is 4.65. The van der Waals surface area contributed by atoms with Crippen LogP contribution in [-0.2, 0) is 24.1 Å². The van der Waals surface area contributed by atoms with Crippen molar-refractivity contribution in [3.8, 4) is 0 Å². The summed E-state index contributed by atoms with van der Waals surface area (Å²) in [5.41, 5.74) is 5.12. The summed E-state index contributed by atoms with van der Waals surface area (Å²) in [6.07, 6.45) is 6.72. The Balaban J connectivity index is 1.36. The van der Waals surface area contributed by atoms with Crippen LogP contribution in [0, 0.1) is 0 Å². The Morgan fingerprint density at radius 3 is 2.67 bits per heavy atom. The largest absolute Gasteiger partial charge is 0.326 e. The lowest BCUT2D eigenvalue weighted by Crippen LogP contribution is -2.41. The molecule has 0 heterocycles. The van der Waals surface area contributed by atoms with Gasteiger partial charge in [0.15, 0.2) is 0 Å². The Morgan fingerprint density at radius 2 is 1.87 bits per heavy atom. The zero-order chi connectivity index (χ0) is 20.9. The van der Waals surface area contributed by atoms with E-state index in [1.54, 1.807) is 6.92 Å². The number of hydrogen-bond donors (Lipinski definition) is 2. The zero-order valence-electron chi connectivity index (χ0n) is 18.1. The van der Waals surface area contributed by atoms with E-state index in [1.165, 1.54) is 33.9 Å². The van der Waals surface area contributed by atoms with Gasteiger partial charge < -0.3 is 10.6 Å². The van der Waals surface area contributed by atoms with Gasteiger partial charge in [0.05, 0.1) is 0 Å². The number of aryl methyl sites for hydroxylation is 2. The van der Waals surface area contributed by atoms with E-state index in [-0.39, 0.29) is 5.91 Å². The second kappa shape index (κ2) is 9.44. The summed E-state index contributed by atoms with van der Waals surface area (Å²) in [4.78, 5) is 11.4. The number of carbonyl (C=O) groups is 1. The monoisotopic (exact) mass is 400 g/mol. The minimum Gasteiger partial charge on any atom is -0.326 e. The summed E-state index contributed by atoms with van der Waals surface area (Å²) in [6, 6.07) is 22.8. The zero-order valence-corrected chi connectivity index (χ0v) is 18.1. The maximum absolute atomic E-state index is 11.4. The summed E-state index contributed by atoms with van der Waals surface area (Å²) in [5, 5.41) is 9.48.